The first-order valence-corrected chi connectivity index (χ1v) is 12.0. The van der Waals surface area contributed by atoms with E-state index in [1.54, 1.807) is 6.20 Å². The molecule has 0 amide bonds. The average Bonchev–Trinajstić information content (AvgIpc) is 3.55. The van der Waals surface area contributed by atoms with Gasteiger partial charge in [0.2, 0.25) is 0 Å². The van der Waals surface area contributed by atoms with E-state index in [1.165, 1.54) is 17.4 Å². The Balaban J connectivity index is 1.69. The lowest BCUT2D eigenvalue weighted by Crippen LogP contribution is -2.17. The molecule has 0 bridgehead atoms. The summed E-state index contributed by atoms with van der Waals surface area (Å²) < 4.78 is 15.5. The molecule has 5 rings (SSSR count). The number of fused-ring (bicyclic) bond motifs is 1. The van der Waals surface area contributed by atoms with E-state index in [0.717, 1.165) is 40.9 Å². The number of thiazole rings is 1. The summed E-state index contributed by atoms with van der Waals surface area (Å²) in [4.78, 5) is 16.4. The van der Waals surface area contributed by atoms with Crippen molar-refractivity contribution >= 4 is 49.0 Å². The average molecular weight is 508 g/mol. The van der Waals surface area contributed by atoms with Crippen LogP contribution in [0.25, 0.3) is 22.2 Å². The van der Waals surface area contributed by atoms with Gasteiger partial charge in [-0.2, -0.15) is 5.26 Å². The van der Waals surface area contributed by atoms with E-state index in [0.29, 0.717) is 38.2 Å². The third kappa shape index (κ3) is 3.76. The number of aryl methyl sites for hydroxylation is 1. The van der Waals surface area contributed by atoms with Gasteiger partial charge >= 0.3 is 0 Å². The molecule has 1 aliphatic rings. The number of rotatable bonds is 5. The van der Waals surface area contributed by atoms with Gasteiger partial charge in [0.1, 0.15) is 22.2 Å². The van der Waals surface area contributed by atoms with Gasteiger partial charge in [0.25, 0.3) is 0 Å². The maximum Gasteiger partial charge on any atom is 0.191 e. The SMILES string of the molecule is CCN(c1nc(-c2ccc(C)nc2)c(C#N)s1)c1cc(C2CC2)nc2c(F)cc(Br)cc12. The van der Waals surface area contributed by atoms with Crippen molar-refractivity contribution in [2.24, 2.45) is 0 Å². The minimum Gasteiger partial charge on any atom is -0.317 e. The van der Waals surface area contributed by atoms with Gasteiger partial charge in [0.15, 0.2) is 10.9 Å². The highest BCUT2D eigenvalue weighted by atomic mass is 79.9. The van der Waals surface area contributed by atoms with Gasteiger partial charge in [-0.1, -0.05) is 27.3 Å². The normalized spacial score (nSPS) is 13.3. The predicted molar refractivity (Wildman–Crippen MR) is 129 cm³/mol. The van der Waals surface area contributed by atoms with Crippen LogP contribution in [-0.2, 0) is 0 Å². The highest BCUT2D eigenvalue weighted by Gasteiger charge is 2.28. The van der Waals surface area contributed by atoms with Crippen LogP contribution in [0.2, 0.25) is 0 Å². The molecule has 3 heterocycles. The first kappa shape index (κ1) is 21.0. The number of halogens is 2. The standard InChI is InChI=1S/C24H19BrFN5S/c1-3-31(24-30-22(21(11-27)32-24)15-5-4-13(2)28-12-15)20-10-19(14-6-7-14)29-23-17(20)8-16(25)9-18(23)26/h4-5,8-10,12,14H,3,6-7H2,1-2H3. The minimum absolute atomic E-state index is 0.350. The number of nitrogens with zero attached hydrogens (tertiary/aromatic N) is 5. The molecule has 0 spiro atoms. The lowest BCUT2D eigenvalue weighted by molar-refractivity contribution is 0.635. The molecular formula is C24H19BrFN5S. The van der Waals surface area contributed by atoms with E-state index >= 15 is 0 Å². The van der Waals surface area contributed by atoms with Crippen LogP contribution in [-0.4, -0.2) is 21.5 Å². The Morgan fingerprint density at radius 1 is 1.25 bits per heavy atom. The molecule has 0 N–H and O–H groups in total. The summed E-state index contributed by atoms with van der Waals surface area (Å²) in [6.07, 6.45) is 3.88. The molecule has 32 heavy (non-hydrogen) atoms. The van der Waals surface area contributed by atoms with Crippen molar-refractivity contribution in [2.75, 3.05) is 11.4 Å². The smallest absolute Gasteiger partial charge is 0.191 e. The molecule has 1 aliphatic carbocycles. The highest BCUT2D eigenvalue weighted by molar-refractivity contribution is 9.10. The number of nitriles is 1. The summed E-state index contributed by atoms with van der Waals surface area (Å²) in [7, 11) is 0. The summed E-state index contributed by atoms with van der Waals surface area (Å²) in [5, 5.41) is 11.2. The highest BCUT2D eigenvalue weighted by Crippen LogP contribution is 2.44. The summed E-state index contributed by atoms with van der Waals surface area (Å²) in [5.74, 6) is 0.0255. The maximum absolute atomic E-state index is 14.9. The van der Waals surface area contributed by atoms with Crippen LogP contribution in [0.3, 0.4) is 0 Å². The van der Waals surface area contributed by atoms with E-state index in [4.69, 9.17) is 4.98 Å². The topological polar surface area (TPSA) is 65.7 Å². The monoisotopic (exact) mass is 507 g/mol. The van der Waals surface area contributed by atoms with Crippen molar-refractivity contribution in [3.63, 3.8) is 0 Å². The number of hydrogen-bond donors (Lipinski definition) is 0. The number of anilines is 2. The lowest BCUT2D eigenvalue weighted by Gasteiger charge is -2.23. The Labute approximate surface area is 197 Å². The Bertz CT molecular complexity index is 1370. The third-order valence-corrected chi connectivity index (χ3v) is 7.01. The van der Waals surface area contributed by atoms with Crippen LogP contribution in [0.4, 0.5) is 15.2 Å². The van der Waals surface area contributed by atoms with Crippen molar-refractivity contribution in [2.45, 2.75) is 32.6 Å². The third-order valence-electron chi connectivity index (χ3n) is 5.57. The molecule has 160 valence electrons. The van der Waals surface area contributed by atoms with Gasteiger partial charge in [0, 0.05) is 45.5 Å². The summed E-state index contributed by atoms with van der Waals surface area (Å²) >= 11 is 4.75. The second-order valence-electron chi connectivity index (χ2n) is 7.84. The molecular weight excluding hydrogens is 489 g/mol. The molecule has 0 aliphatic heterocycles. The molecule has 1 fully saturated rings. The molecule has 1 saturated carbocycles. The maximum atomic E-state index is 14.9. The minimum atomic E-state index is -0.350. The van der Waals surface area contributed by atoms with Crippen molar-refractivity contribution in [1.82, 2.24) is 15.0 Å². The fourth-order valence-electron chi connectivity index (χ4n) is 3.78. The first-order valence-electron chi connectivity index (χ1n) is 10.4. The van der Waals surface area contributed by atoms with Crippen molar-refractivity contribution in [3.8, 4) is 17.3 Å². The van der Waals surface area contributed by atoms with Gasteiger partial charge in [0.05, 0.1) is 5.69 Å². The van der Waals surface area contributed by atoms with E-state index in [-0.39, 0.29) is 5.82 Å². The second kappa shape index (κ2) is 8.23. The van der Waals surface area contributed by atoms with Gasteiger partial charge < -0.3 is 4.90 Å². The van der Waals surface area contributed by atoms with E-state index in [9.17, 15) is 9.65 Å². The Morgan fingerprint density at radius 3 is 2.72 bits per heavy atom. The Morgan fingerprint density at radius 2 is 2.06 bits per heavy atom. The fraction of sp³-hybridized carbons (Fsp3) is 0.250. The van der Waals surface area contributed by atoms with Crippen LogP contribution in [0.1, 0.15) is 41.9 Å². The van der Waals surface area contributed by atoms with Crippen molar-refractivity contribution in [3.05, 3.63) is 63.1 Å². The van der Waals surface area contributed by atoms with Gasteiger partial charge in [-0.3, -0.25) is 4.98 Å². The van der Waals surface area contributed by atoms with E-state index in [1.807, 2.05) is 36.9 Å². The molecule has 1 aromatic carbocycles. The van der Waals surface area contributed by atoms with E-state index < -0.39 is 0 Å². The molecule has 0 unspecified atom stereocenters. The van der Waals surface area contributed by atoms with Crippen LogP contribution < -0.4 is 4.90 Å². The predicted octanol–water partition coefficient (Wildman–Crippen LogP) is 6.87. The molecule has 4 aromatic rings. The number of pyridine rings is 2. The number of aromatic nitrogens is 3. The quantitative estimate of drug-likeness (QED) is 0.294. The summed E-state index contributed by atoms with van der Waals surface area (Å²) in [6.45, 7) is 4.56. The number of hydrogen-bond acceptors (Lipinski definition) is 6. The van der Waals surface area contributed by atoms with Gasteiger partial charge in [-0.05, 0) is 57.0 Å². The summed E-state index contributed by atoms with van der Waals surface area (Å²) in [6, 6.07) is 11.5. The molecule has 0 saturated heterocycles. The van der Waals surface area contributed by atoms with Crippen LogP contribution in [0, 0.1) is 24.1 Å². The molecule has 0 radical (unpaired) electrons. The number of benzene rings is 1. The van der Waals surface area contributed by atoms with Gasteiger partial charge in [-0.25, -0.2) is 14.4 Å². The fourth-order valence-corrected chi connectivity index (χ4v) is 5.17. The Hall–Kier alpha value is -2.89. The molecule has 0 atom stereocenters. The lowest BCUT2D eigenvalue weighted by atomic mass is 10.1. The Kier molecular flexibility index (Phi) is 5.39. The molecule has 3 aromatic heterocycles. The second-order valence-corrected chi connectivity index (χ2v) is 9.74. The van der Waals surface area contributed by atoms with Gasteiger partial charge in [-0.15, -0.1) is 0 Å². The van der Waals surface area contributed by atoms with Crippen LogP contribution in [0.5, 0.6) is 0 Å². The molecule has 8 heteroatoms. The zero-order chi connectivity index (χ0) is 22.4. The van der Waals surface area contributed by atoms with Crippen molar-refractivity contribution in [1.29, 1.82) is 5.26 Å². The van der Waals surface area contributed by atoms with Crippen LogP contribution in [0.15, 0.2) is 41.0 Å². The first-order chi connectivity index (χ1) is 15.5. The summed E-state index contributed by atoms with van der Waals surface area (Å²) in [5.41, 5.74) is 4.45. The van der Waals surface area contributed by atoms with Crippen LogP contribution >= 0.6 is 27.3 Å². The zero-order valence-corrected chi connectivity index (χ0v) is 20.0. The molecule has 5 nitrogen and oxygen atoms in total. The van der Waals surface area contributed by atoms with Crippen molar-refractivity contribution < 1.29 is 4.39 Å². The van der Waals surface area contributed by atoms with E-state index in [2.05, 4.69) is 38.0 Å². The zero-order valence-electron chi connectivity index (χ0n) is 17.6. The largest absolute Gasteiger partial charge is 0.317 e.